The summed E-state index contributed by atoms with van der Waals surface area (Å²) in [6.07, 6.45) is 8.15. The number of hydrogen-bond donors (Lipinski definition) is 0. The van der Waals surface area contributed by atoms with Crippen LogP contribution in [-0.2, 0) is 6.42 Å². The van der Waals surface area contributed by atoms with Crippen LogP contribution in [0.5, 0.6) is 0 Å². The maximum atomic E-state index is 2.26. The van der Waals surface area contributed by atoms with Crippen molar-refractivity contribution in [1.29, 1.82) is 0 Å². The van der Waals surface area contributed by atoms with Gasteiger partial charge >= 0.3 is 0 Å². The van der Waals surface area contributed by atoms with Crippen LogP contribution < -0.4 is 0 Å². The lowest BCUT2D eigenvalue weighted by Gasteiger charge is -2.11. The van der Waals surface area contributed by atoms with E-state index in [-0.39, 0.29) is 0 Å². The molecule has 0 bridgehead atoms. The van der Waals surface area contributed by atoms with Gasteiger partial charge in [-0.05, 0) is 38.3 Å². The van der Waals surface area contributed by atoms with Gasteiger partial charge in [-0.2, -0.15) is 0 Å². The second-order valence-electron chi connectivity index (χ2n) is 4.06. The molecule has 1 aromatic rings. The van der Waals surface area contributed by atoms with Crippen LogP contribution in [0.1, 0.15) is 39.2 Å². The van der Waals surface area contributed by atoms with E-state index in [0.717, 1.165) is 0 Å². The van der Waals surface area contributed by atoms with E-state index in [9.17, 15) is 0 Å². The monoisotopic (exact) mass is 234 g/mol. The largest absolute Gasteiger partial charge is 0.119 e. The second kappa shape index (κ2) is 7.56. The summed E-state index contributed by atoms with van der Waals surface area (Å²) in [4.78, 5) is 1.45. The molecule has 0 fully saturated rings. The summed E-state index contributed by atoms with van der Waals surface area (Å²) >= 11 is 1.96. The fraction of sp³-hybridized carbons (Fsp3) is 0.467. The molecule has 0 N–H and O–H groups in total. The summed E-state index contributed by atoms with van der Waals surface area (Å²) in [7, 11) is 0. The average molecular weight is 234 g/mol. The van der Waals surface area contributed by atoms with Crippen molar-refractivity contribution < 1.29 is 0 Å². The average Bonchev–Trinajstić information content (AvgIpc) is 2.28. The molecule has 0 aliphatic carbocycles. The number of hydrogen-bond acceptors (Lipinski definition) is 1. The minimum Gasteiger partial charge on any atom is -0.119 e. The van der Waals surface area contributed by atoms with Gasteiger partial charge < -0.3 is 0 Å². The number of rotatable bonds is 6. The molecule has 0 nitrogen and oxygen atoms in total. The van der Waals surface area contributed by atoms with Crippen LogP contribution >= 0.6 is 11.8 Å². The highest BCUT2D eigenvalue weighted by molar-refractivity contribution is 8.00. The topological polar surface area (TPSA) is 0 Å². The number of thioether (sulfide) groups is 1. The fourth-order valence-corrected chi connectivity index (χ4v) is 2.82. The molecule has 1 aromatic carbocycles. The second-order valence-corrected chi connectivity index (χ2v) is 5.48. The van der Waals surface area contributed by atoms with Gasteiger partial charge in [-0.15, -0.1) is 11.8 Å². The van der Waals surface area contributed by atoms with E-state index in [1.165, 1.54) is 29.7 Å². The standard InChI is InChI=1S/C15H22S/c1-4-6-10-14-11-7-8-12-15(14)16-13(3)9-5-2/h5,7-9,11-13H,4,6,10H2,1-3H3. The van der Waals surface area contributed by atoms with Crippen molar-refractivity contribution in [1.82, 2.24) is 0 Å². The summed E-state index contributed by atoms with van der Waals surface area (Å²) in [5, 5.41) is 0.563. The lowest BCUT2D eigenvalue weighted by atomic mass is 10.1. The molecule has 1 heteroatoms. The first-order chi connectivity index (χ1) is 7.77. The van der Waals surface area contributed by atoms with Crippen molar-refractivity contribution in [3.05, 3.63) is 42.0 Å². The lowest BCUT2D eigenvalue weighted by molar-refractivity contribution is 0.785. The zero-order valence-electron chi connectivity index (χ0n) is 10.6. The zero-order chi connectivity index (χ0) is 11.8. The van der Waals surface area contributed by atoms with Crippen LogP contribution in [-0.4, -0.2) is 5.25 Å². The number of benzene rings is 1. The van der Waals surface area contributed by atoms with Gasteiger partial charge in [0.25, 0.3) is 0 Å². The highest BCUT2D eigenvalue weighted by Crippen LogP contribution is 2.28. The molecular formula is C15H22S. The van der Waals surface area contributed by atoms with Crippen LogP contribution in [0, 0.1) is 0 Å². The van der Waals surface area contributed by atoms with Crippen LogP contribution in [0.25, 0.3) is 0 Å². The van der Waals surface area contributed by atoms with Gasteiger partial charge in [0.2, 0.25) is 0 Å². The molecule has 16 heavy (non-hydrogen) atoms. The molecule has 0 aliphatic heterocycles. The summed E-state index contributed by atoms with van der Waals surface area (Å²) in [5.74, 6) is 0. The molecule has 0 radical (unpaired) electrons. The van der Waals surface area contributed by atoms with Crippen molar-refractivity contribution in [2.24, 2.45) is 0 Å². The Balaban J connectivity index is 2.70. The summed E-state index contributed by atoms with van der Waals surface area (Å²) in [6, 6.07) is 8.80. The normalized spacial score (nSPS) is 13.2. The van der Waals surface area contributed by atoms with Crippen molar-refractivity contribution in [2.75, 3.05) is 0 Å². The van der Waals surface area contributed by atoms with Gasteiger partial charge in [-0.25, -0.2) is 0 Å². The summed E-state index contributed by atoms with van der Waals surface area (Å²) in [5.41, 5.74) is 1.51. The summed E-state index contributed by atoms with van der Waals surface area (Å²) in [6.45, 7) is 6.58. The highest BCUT2D eigenvalue weighted by Gasteiger charge is 2.05. The Hall–Kier alpha value is -0.690. The predicted molar refractivity (Wildman–Crippen MR) is 75.2 cm³/mol. The third-order valence-electron chi connectivity index (χ3n) is 2.55. The minimum absolute atomic E-state index is 0.563. The molecule has 1 atom stereocenters. The van der Waals surface area contributed by atoms with Crippen molar-refractivity contribution >= 4 is 11.8 Å². The minimum atomic E-state index is 0.563. The van der Waals surface area contributed by atoms with E-state index in [0.29, 0.717) is 5.25 Å². The van der Waals surface area contributed by atoms with E-state index in [4.69, 9.17) is 0 Å². The number of unbranched alkanes of at least 4 members (excludes halogenated alkanes) is 1. The van der Waals surface area contributed by atoms with E-state index >= 15 is 0 Å². The Morgan fingerprint density at radius 3 is 2.75 bits per heavy atom. The smallest absolute Gasteiger partial charge is 0.0246 e. The number of aryl methyl sites for hydroxylation is 1. The zero-order valence-corrected chi connectivity index (χ0v) is 11.4. The quantitative estimate of drug-likeness (QED) is 0.488. The SMILES string of the molecule is CC=CC(C)Sc1ccccc1CCCC. The van der Waals surface area contributed by atoms with Gasteiger partial charge in [0, 0.05) is 10.1 Å². The first-order valence-corrected chi connectivity index (χ1v) is 7.03. The molecule has 0 saturated carbocycles. The lowest BCUT2D eigenvalue weighted by Crippen LogP contribution is -1.94. The molecule has 0 saturated heterocycles. The van der Waals surface area contributed by atoms with Crippen LogP contribution in [0.3, 0.4) is 0 Å². The van der Waals surface area contributed by atoms with E-state index in [1.807, 2.05) is 11.8 Å². The molecule has 0 amide bonds. The third kappa shape index (κ3) is 4.44. The van der Waals surface area contributed by atoms with Gasteiger partial charge in [0.1, 0.15) is 0 Å². The van der Waals surface area contributed by atoms with Gasteiger partial charge in [-0.3, -0.25) is 0 Å². The van der Waals surface area contributed by atoms with Crippen molar-refractivity contribution in [3.63, 3.8) is 0 Å². The molecule has 1 unspecified atom stereocenters. The van der Waals surface area contributed by atoms with Crippen molar-refractivity contribution in [3.8, 4) is 0 Å². The molecule has 1 rings (SSSR count). The predicted octanol–water partition coefficient (Wildman–Crippen LogP) is 5.09. The number of allylic oxidation sites excluding steroid dienone is 1. The molecule has 0 aromatic heterocycles. The van der Waals surface area contributed by atoms with Crippen molar-refractivity contribution in [2.45, 2.75) is 50.2 Å². The maximum absolute atomic E-state index is 2.26. The van der Waals surface area contributed by atoms with Gasteiger partial charge in [-0.1, -0.05) is 43.7 Å². The van der Waals surface area contributed by atoms with Crippen LogP contribution in [0.4, 0.5) is 0 Å². The Morgan fingerprint density at radius 1 is 1.31 bits per heavy atom. The first kappa shape index (κ1) is 13.4. The molecular weight excluding hydrogens is 212 g/mol. The van der Waals surface area contributed by atoms with Crippen LogP contribution in [0.2, 0.25) is 0 Å². The highest BCUT2D eigenvalue weighted by atomic mass is 32.2. The van der Waals surface area contributed by atoms with Crippen LogP contribution in [0.15, 0.2) is 41.3 Å². The third-order valence-corrected chi connectivity index (χ3v) is 3.73. The van der Waals surface area contributed by atoms with E-state index in [2.05, 4.69) is 57.2 Å². The molecule has 0 heterocycles. The van der Waals surface area contributed by atoms with Gasteiger partial charge in [0.15, 0.2) is 0 Å². The molecule has 88 valence electrons. The molecule has 0 aliphatic rings. The Morgan fingerprint density at radius 2 is 2.06 bits per heavy atom. The maximum Gasteiger partial charge on any atom is 0.0246 e. The Kier molecular flexibility index (Phi) is 6.32. The van der Waals surface area contributed by atoms with E-state index < -0.39 is 0 Å². The fourth-order valence-electron chi connectivity index (χ4n) is 1.70. The Labute approximate surface area is 104 Å². The van der Waals surface area contributed by atoms with E-state index in [1.54, 1.807) is 0 Å². The Bertz CT molecular complexity index is 328. The van der Waals surface area contributed by atoms with Gasteiger partial charge in [0.05, 0.1) is 0 Å². The molecule has 0 spiro atoms. The summed E-state index contributed by atoms with van der Waals surface area (Å²) < 4.78 is 0. The first-order valence-electron chi connectivity index (χ1n) is 6.15.